The summed E-state index contributed by atoms with van der Waals surface area (Å²) in [5.41, 5.74) is 1.24. The lowest BCUT2D eigenvalue weighted by atomic mass is 10.3. The fraction of sp³-hybridized carbons (Fsp3) is 0.200. The number of anilines is 1. The predicted octanol–water partition coefficient (Wildman–Crippen LogP) is 2.39. The summed E-state index contributed by atoms with van der Waals surface area (Å²) in [6.45, 7) is 0. The maximum absolute atomic E-state index is 11.2. The van der Waals surface area contributed by atoms with Gasteiger partial charge in [-0.3, -0.25) is 0 Å². The zero-order chi connectivity index (χ0) is 11.9. The van der Waals surface area contributed by atoms with Gasteiger partial charge in [-0.05, 0) is 18.2 Å². The highest BCUT2D eigenvalue weighted by Crippen LogP contribution is 2.24. The number of aromatic nitrogens is 2. The average Bonchev–Trinajstić information content (AvgIpc) is 2.55. The lowest BCUT2D eigenvalue weighted by Crippen LogP contribution is -2.19. The van der Waals surface area contributed by atoms with Gasteiger partial charge in [-0.15, -0.1) is 0 Å². The third kappa shape index (κ3) is 1.65. The van der Waals surface area contributed by atoms with E-state index in [2.05, 4.69) is 20.9 Å². The highest BCUT2D eigenvalue weighted by Gasteiger charge is 2.17. The second-order valence-corrected chi connectivity index (χ2v) is 4.47. The van der Waals surface area contributed by atoms with Crippen LogP contribution in [0.5, 0.6) is 0 Å². The molecule has 0 saturated heterocycles. The Morgan fingerprint density at radius 1 is 1.50 bits per heavy atom. The van der Waals surface area contributed by atoms with Gasteiger partial charge in [0.25, 0.3) is 0 Å². The first kappa shape index (κ1) is 10.9. The molecule has 0 saturated carbocycles. The Balaban J connectivity index is 2.82. The fourth-order valence-electron chi connectivity index (χ4n) is 1.52. The molecule has 16 heavy (non-hydrogen) atoms. The molecule has 0 bridgehead atoms. The van der Waals surface area contributed by atoms with Gasteiger partial charge in [-0.25, -0.2) is 14.3 Å². The van der Waals surface area contributed by atoms with Gasteiger partial charge in [0.2, 0.25) is 5.95 Å². The molecule has 2 rings (SSSR count). The zero-order valence-electron chi connectivity index (χ0n) is 8.81. The number of carbonyl (C=O) groups is 1. The molecular formula is C10H10BrN3O2. The number of benzene rings is 1. The maximum atomic E-state index is 11.2. The normalized spacial score (nSPS) is 10.7. The van der Waals surface area contributed by atoms with Crippen LogP contribution in [0, 0.1) is 0 Å². The molecule has 0 fully saturated rings. The molecule has 0 atom stereocenters. The second kappa shape index (κ2) is 3.79. The summed E-state index contributed by atoms with van der Waals surface area (Å²) < 4.78 is 1.99. The average molecular weight is 284 g/mol. The van der Waals surface area contributed by atoms with E-state index < -0.39 is 6.09 Å². The second-order valence-electron chi connectivity index (χ2n) is 3.56. The van der Waals surface area contributed by atoms with Gasteiger partial charge in [-0.2, -0.15) is 0 Å². The van der Waals surface area contributed by atoms with Crippen molar-refractivity contribution in [1.82, 2.24) is 9.55 Å². The van der Waals surface area contributed by atoms with E-state index in [9.17, 15) is 9.90 Å². The van der Waals surface area contributed by atoms with Crippen molar-refractivity contribution in [1.29, 1.82) is 0 Å². The van der Waals surface area contributed by atoms with Gasteiger partial charge in [0.05, 0.1) is 11.0 Å². The van der Waals surface area contributed by atoms with Crippen molar-refractivity contribution in [3.8, 4) is 0 Å². The van der Waals surface area contributed by atoms with Gasteiger partial charge >= 0.3 is 6.09 Å². The van der Waals surface area contributed by atoms with Crippen molar-refractivity contribution < 1.29 is 9.90 Å². The molecule has 1 N–H and O–H groups in total. The topological polar surface area (TPSA) is 58.4 Å². The van der Waals surface area contributed by atoms with E-state index in [1.807, 2.05) is 6.07 Å². The van der Waals surface area contributed by atoms with Crippen molar-refractivity contribution >= 4 is 39.0 Å². The summed E-state index contributed by atoms with van der Waals surface area (Å²) >= 11 is 3.31. The molecule has 0 aliphatic heterocycles. The standard InChI is InChI=1S/C10H10BrN3O2/c1-13(2)9-12-7-4-3-6(11)5-8(7)14(9)10(15)16/h3-5H,1-2H3,(H,15,16). The molecule has 1 aromatic carbocycles. The molecule has 1 heterocycles. The molecule has 0 amide bonds. The number of hydrogen-bond acceptors (Lipinski definition) is 3. The fourth-order valence-corrected chi connectivity index (χ4v) is 1.87. The number of halogens is 1. The zero-order valence-corrected chi connectivity index (χ0v) is 10.4. The Labute approximate surface area is 100 Å². The van der Waals surface area contributed by atoms with E-state index >= 15 is 0 Å². The maximum Gasteiger partial charge on any atom is 0.418 e. The van der Waals surface area contributed by atoms with Crippen molar-refractivity contribution in [2.75, 3.05) is 19.0 Å². The van der Waals surface area contributed by atoms with Crippen LogP contribution in [0.2, 0.25) is 0 Å². The van der Waals surface area contributed by atoms with E-state index in [1.165, 1.54) is 4.57 Å². The summed E-state index contributed by atoms with van der Waals surface area (Å²) in [6, 6.07) is 5.36. The molecule has 0 aliphatic carbocycles. The number of rotatable bonds is 1. The van der Waals surface area contributed by atoms with Crippen molar-refractivity contribution in [2.24, 2.45) is 0 Å². The van der Waals surface area contributed by atoms with Crippen LogP contribution in [-0.2, 0) is 0 Å². The molecule has 6 heteroatoms. The van der Waals surface area contributed by atoms with Crippen molar-refractivity contribution in [3.63, 3.8) is 0 Å². The third-order valence-corrected chi connectivity index (χ3v) is 2.68. The minimum absolute atomic E-state index is 0.403. The Morgan fingerprint density at radius 2 is 2.19 bits per heavy atom. The lowest BCUT2D eigenvalue weighted by molar-refractivity contribution is 0.197. The number of carboxylic acid groups (broad SMARTS) is 1. The summed E-state index contributed by atoms with van der Waals surface area (Å²) in [7, 11) is 3.52. The Bertz CT molecular complexity index is 562. The van der Waals surface area contributed by atoms with Gasteiger partial charge < -0.3 is 10.0 Å². The first-order valence-corrected chi connectivity index (χ1v) is 5.38. The van der Waals surface area contributed by atoms with Crippen LogP contribution >= 0.6 is 15.9 Å². The molecule has 0 unspecified atom stereocenters. The van der Waals surface area contributed by atoms with Crippen molar-refractivity contribution in [2.45, 2.75) is 0 Å². The molecule has 0 aliphatic rings. The molecule has 5 nitrogen and oxygen atoms in total. The molecular weight excluding hydrogens is 274 g/mol. The monoisotopic (exact) mass is 283 g/mol. The highest BCUT2D eigenvalue weighted by molar-refractivity contribution is 9.10. The van der Waals surface area contributed by atoms with Crippen LogP contribution in [0.1, 0.15) is 0 Å². The van der Waals surface area contributed by atoms with Crippen LogP contribution < -0.4 is 4.90 Å². The first-order chi connectivity index (χ1) is 7.50. The Kier molecular flexibility index (Phi) is 2.59. The van der Waals surface area contributed by atoms with E-state index in [1.54, 1.807) is 31.1 Å². The van der Waals surface area contributed by atoms with E-state index in [4.69, 9.17) is 0 Å². The van der Waals surface area contributed by atoms with Gasteiger partial charge in [0.15, 0.2) is 0 Å². The summed E-state index contributed by atoms with van der Waals surface area (Å²) in [5.74, 6) is 0.403. The molecule has 1 aromatic heterocycles. The summed E-state index contributed by atoms with van der Waals surface area (Å²) in [6.07, 6.45) is -1.04. The number of hydrogen-bond donors (Lipinski definition) is 1. The number of nitrogens with zero attached hydrogens (tertiary/aromatic N) is 3. The number of fused-ring (bicyclic) bond motifs is 1. The lowest BCUT2D eigenvalue weighted by Gasteiger charge is -2.10. The molecule has 84 valence electrons. The smallest absolute Gasteiger partial charge is 0.418 e. The van der Waals surface area contributed by atoms with Gasteiger partial charge in [-0.1, -0.05) is 15.9 Å². The Morgan fingerprint density at radius 3 is 2.75 bits per heavy atom. The summed E-state index contributed by atoms with van der Waals surface area (Å²) in [4.78, 5) is 17.1. The van der Waals surface area contributed by atoms with Crippen LogP contribution in [-0.4, -0.2) is 34.8 Å². The van der Waals surface area contributed by atoms with Gasteiger partial charge in [0, 0.05) is 18.6 Å². The minimum atomic E-state index is -1.04. The van der Waals surface area contributed by atoms with E-state index in [-0.39, 0.29) is 0 Å². The Hall–Kier alpha value is -1.56. The van der Waals surface area contributed by atoms with Crippen LogP contribution in [0.4, 0.5) is 10.7 Å². The van der Waals surface area contributed by atoms with Gasteiger partial charge in [0.1, 0.15) is 0 Å². The van der Waals surface area contributed by atoms with Crippen LogP contribution in [0.15, 0.2) is 22.7 Å². The largest absolute Gasteiger partial charge is 0.464 e. The minimum Gasteiger partial charge on any atom is -0.464 e. The third-order valence-electron chi connectivity index (χ3n) is 2.19. The SMILES string of the molecule is CN(C)c1nc2ccc(Br)cc2n1C(=O)O. The van der Waals surface area contributed by atoms with E-state index in [0.29, 0.717) is 17.0 Å². The molecule has 2 aromatic rings. The summed E-state index contributed by atoms with van der Waals surface area (Å²) in [5, 5.41) is 9.17. The van der Waals surface area contributed by atoms with Crippen LogP contribution in [0.25, 0.3) is 11.0 Å². The van der Waals surface area contributed by atoms with Crippen LogP contribution in [0.3, 0.4) is 0 Å². The van der Waals surface area contributed by atoms with Crippen molar-refractivity contribution in [3.05, 3.63) is 22.7 Å². The molecule has 0 spiro atoms. The quantitative estimate of drug-likeness (QED) is 0.873. The molecule has 0 radical (unpaired) electrons. The number of imidazole rings is 1. The first-order valence-electron chi connectivity index (χ1n) is 4.59. The predicted molar refractivity (Wildman–Crippen MR) is 65.2 cm³/mol. The van der Waals surface area contributed by atoms with E-state index in [0.717, 1.165) is 4.47 Å². The highest BCUT2D eigenvalue weighted by atomic mass is 79.9.